The monoisotopic (exact) mass is 262 g/mol. The van der Waals surface area contributed by atoms with Crippen molar-refractivity contribution < 1.29 is 23.8 Å². The molecule has 1 aliphatic rings. The van der Waals surface area contributed by atoms with Crippen molar-refractivity contribution in [1.82, 2.24) is 0 Å². The molecule has 92 valence electrons. The highest BCUT2D eigenvalue weighted by Crippen LogP contribution is 2.48. The Bertz CT molecular complexity index is 498. The number of phenolic OH excluding ortho intramolecular Hbond substituents is 1. The predicted molar refractivity (Wildman–Crippen MR) is 56.2 cm³/mol. The molecule has 2 N–H and O–H groups in total. The van der Waals surface area contributed by atoms with Crippen LogP contribution in [0.1, 0.15) is 24.8 Å². The third kappa shape index (κ3) is 1.57. The molecule has 0 bridgehead atoms. The molecule has 1 saturated carbocycles. The number of halogens is 3. The smallest absolute Gasteiger partial charge is 0.314 e. The summed E-state index contributed by atoms with van der Waals surface area (Å²) in [5.41, 5.74) is -2.11. The third-order valence-electron chi connectivity index (χ3n) is 3.23. The fourth-order valence-electron chi connectivity index (χ4n) is 2.12. The molecule has 0 atom stereocenters. The van der Waals surface area contributed by atoms with Gasteiger partial charge < -0.3 is 10.2 Å². The van der Waals surface area contributed by atoms with Gasteiger partial charge >= 0.3 is 5.97 Å². The molecule has 0 aliphatic heterocycles. The van der Waals surface area contributed by atoms with E-state index in [0.29, 0.717) is 12.5 Å². The number of carbonyl (C=O) groups is 1. The Morgan fingerprint density at radius 1 is 1.41 bits per heavy atom. The van der Waals surface area contributed by atoms with Crippen LogP contribution < -0.4 is 0 Å². The first-order valence-corrected chi connectivity index (χ1v) is 5.38. The Morgan fingerprint density at radius 3 is 2.41 bits per heavy atom. The van der Waals surface area contributed by atoms with Crippen molar-refractivity contribution in [2.75, 3.05) is 0 Å². The normalized spacial score (nSPS) is 17.6. The van der Waals surface area contributed by atoms with Crippen LogP contribution >= 0.6 is 11.6 Å². The third-order valence-corrected chi connectivity index (χ3v) is 3.59. The van der Waals surface area contributed by atoms with Crippen LogP contribution in [-0.2, 0) is 10.2 Å². The highest BCUT2D eigenvalue weighted by Gasteiger charge is 2.50. The van der Waals surface area contributed by atoms with E-state index in [1.54, 1.807) is 0 Å². The zero-order valence-electron chi connectivity index (χ0n) is 8.64. The number of hydrogen-bond acceptors (Lipinski definition) is 2. The van der Waals surface area contributed by atoms with Crippen molar-refractivity contribution in [3.05, 3.63) is 28.3 Å². The number of hydrogen-bond donors (Lipinski definition) is 2. The minimum Gasteiger partial charge on any atom is -0.506 e. The topological polar surface area (TPSA) is 57.5 Å². The van der Waals surface area contributed by atoms with Gasteiger partial charge in [-0.2, -0.15) is 0 Å². The summed E-state index contributed by atoms with van der Waals surface area (Å²) in [5.74, 6) is -4.27. The van der Waals surface area contributed by atoms with Gasteiger partial charge in [0.05, 0.1) is 5.41 Å². The van der Waals surface area contributed by atoms with Gasteiger partial charge in [-0.25, -0.2) is 8.78 Å². The van der Waals surface area contributed by atoms with Gasteiger partial charge in [0, 0.05) is 11.6 Å². The Hall–Kier alpha value is -1.36. The number of rotatable bonds is 2. The van der Waals surface area contributed by atoms with Gasteiger partial charge in [-0.1, -0.05) is 18.0 Å². The largest absolute Gasteiger partial charge is 0.506 e. The van der Waals surface area contributed by atoms with Crippen molar-refractivity contribution in [2.24, 2.45) is 0 Å². The number of aliphatic carboxylic acids is 1. The molecule has 1 aromatic rings. The summed E-state index contributed by atoms with van der Waals surface area (Å²) in [5, 5.41) is 17.6. The zero-order chi connectivity index (χ0) is 12.8. The fraction of sp³-hybridized carbons (Fsp3) is 0.364. The summed E-state index contributed by atoms with van der Waals surface area (Å²) in [6, 6.07) is 0.643. The molecule has 0 saturated heterocycles. The maximum atomic E-state index is 13.8. The molecule has 0 spiro atoms. The van der Waals surface area contributed by atoms with Gasteiger partial charge in [-0.15, -0.1) is 0 Å². The molecule has 2 rings (SSSR count). The minimum atomic E-state index is -1.55. The standard InChI is InChI=1S/C11H9ClF2O3/c12-8-6(15)4-5(13)7(9(8)14)11(10(16)17)2-1-3-11/h4,15H,1-3H2,(H,16,17). The summed E-state index contributed by atoms with van der Waals surface area (Å²) < 4.78 is 27.5. The zero-order valence-corrected chi connectivity index (χ0v) is 9.39. The molecule has 0 amide bonds. The van der Waals surface area contributed by atoms with E-state index in [-0.39, 0.29) is 12.8 Å². The van der Waals surface area contributed by atoms with E-state index in [4.69, 9.17) is 21.8 Å². The Labute approximate surface area is 101 Å². The maximum Gasteiger partial charge on any atom is 0.314 e. The lowest BCUT2D eigenvalue weighted by molar-refractivity contribution is -0.147. The van der Waals surface area contributed by atoms with Gasteiger partial charge in [0.25, 0.3) is 0 Å². The van der Waals surface area contributed by atoms with Gasteiger partial charge in [-0.3, -0.25) is 4.79 Å². The molecular formula is C11H9ClF2O3. The summed E-state index contributed by atoms with van der Waals surface area (Å²) in [6.45, 7) is 0. The van der Waals surface area contributed by atoms with E-state index in [1.165, 1.54) is 0 Å². The van der Waals surface area contributed by atoms with Crippen LogP contribution in [-0.4, -0.2) is 16.2 Å². The minimum absolute atomic E-state index is 0.164. The lowest BCUT2D eigenvalue weighted by atomic mass is 9.64. The molecule has 1 aliphatic carbocycles. The van der Waals surface area contributed by atoms with Crippen molar-refractivity contribution >= 4 is 17.6 Å². The van der Waals surface area contributed by atoms with E-state index in [9.17, 15) is 13.6 Å². The molecule has 1 aromatic carbocycles. The first-order chi connectivity index (χ1) is 7.90. The van der Waals surface area contributed by atoms with E-state index < -0.39 is 39.4 Å². The van der Waals surface area contributed by atoms with Crippen LogP contribution in [0.5, 0.6) is 5.75 Å². The van der Waals surface area contributed by atoms with Gasteiger partial charge in [0.1, 0.15) is 16.6 Å². The fourth-order valence-corrected chi connectivity index (χ4v) is 2.27. The molecule has 0 unspecified atom stereocenters. The highest BCUT2D eigenvalue weighted by molar-refractivity contribution is 6.32. The van der Waals surface area contributed by atoms with Crippen LogP contribution in [0.2, 0.25) is 5.02 Å². The van der Waals surface area contributed by atoms with Gasteiger partial charge in [0.15, 0.2) is 5.82 Å². The van der Waals surface area contributed by atoms with Crippen molar-refractivity contribution in [3.63, 3.8) is 0 Å². The second kappa shape index (κ2) is 3.84. The number of carboxylic acid groups (broad SMARTS) is 1. The lowest BCUT2D eigenvalue weighted by Gasteiger charge is -2.38. The van der Waals surface area contributed by atoms with Crippen molar-refractivity contribution in [3.8, 4) is 5.75 Å². The molecular weight excluding hydrogens is 254 g/mol. The van der Waals surface area contributed by atoms with Crippen LogP contribution in [0.4, 0.5) is 8.78 Å². The molecule has 1 fully saturated rings. The highest BCUT2D eigenvalue weighted by atomic mass is 35.5. The molecule has 17 heavy (non-hydrogen) atoms. The van der Waals surface area contributed by atoms with E-state index in [2.05, 4.69) is 0 Å². The van der Waals surface area contributed by atoms with E-state index in [0.717, 1.165) is 0 Å². The number of carboxylic acids is 1. The molecule has 3 nitrogen and oxygen atoms in total. The second-order valence-corrected chi connectivity index (χ2v) is 4.50. The maximum absolute atomic E-state index is 13.8. The molecule has 6 heteroatoms. The van der Waals surface area contributed by atoms with E-state index >= 15 is 0 Å². The lowest BCUT2D eigenvalue weighted by Crippen LogP contribution is -2.43. The van der Waals surface area contributed by atoms with Crippen LogP contribution in [0.25, 0.3) is 0 Å². The predicted octanol–water partition coefficient (Wildman–Crippen LogP) is 2.83. The average molecular weight is 263 g/mol. The second-order valence-electron chi connectivity index (χ2n) is 4.12. The number of benzene rings is 1. The summed E-state index contributed by atoms with van der Waals surface area (Å²) in [4.78, 5) is 11.2. The quantitative estimate of drug-likeness (QED) is 0.806. The number of phenols is 1. The number of aromatic hydroxyl groups is 1. The van der Waals surface area contributed by atoms with Crippen molar-refractivity contribution in [1.29, 1.82) is 0 Å². The van der Waals surface area contributed by atoms with Crippen LogP contribution in [0.3, 0.4) is 0 Å². The van der Waals surface area contributed by atoms with Gasteiger partial charge in [0.2, 0.25) is 0 Å². The molecule has 0 radical (unpaired) electrons. The Morgan fingerprint density at radius 2 is 2.00 bits per heavy atom. The molecule has 0 aromatic heterocycles. The Balaban J connectivity index is 2.67. The first kappa shape index (κ1) is 12.1. The van der Waals surface area contributed by atoms with Crippen LogP contribution in [0.15, 0.2) is 6.07 Å². The first-order valence-electron chi connectivity index (χ1n) is 5.00. The SMILES string of the molecule is O=C(O)C1(c2c(F)cc(O)c(Cl)c2F)CCC1. The Kier molecular flexibility index (Phi) is 2.73. The molecule has 0 heterocycles. The summed E-state index contributed by atoms with van der Waals surface area (Å²) in [6.07, 6.45) is 0.915. The average Bonchev–Trinajstić information content (AvgIpc) is 2.17. The van der Waals surface area contributed by atoms with Crippen molar-refractivity contribution in [2.45, 2.75) is 24.7 Å². The summed E-state index contributed by atoms with van der Waals surface area (Å²) in [7, 11) is 0. The summed E-state index contributed by atoms with van der Waals surface area (Å²) >= 11 is 5.46. The van der Waals surface area contributed by atoms with Crippen LogP contribution in [0, 0.1) is 11.6 Å². The van der Waals surface area contributed by atoms with E-state index in [1.807, 2.05) is 0 Å². The van der Waals surface area contributed by atoms with Gasteiger partial charge in [-0.05, 0) is 12.8 Å².